The SMILES string of the molecule is C#CCN1CCCC1COC(=O)c1cncc(C)c1. The molecule has 0 bridgehead atoms. The number of hydrogen-bond donors (Lipinski definition) is 0. The van der Waals surface area contributed by atoms with Gasteiger partial charge in [0.1, 0.15) is 6.61 Å². The van der Waals surface area contributed by atoms with E-state index >= 15 is 0 Å². The zero-order valence-electron chi connectivity index (χ0n) is 11.1. The van der Waals surface area contributed by atoms with Crippen molar-refractivity contribution in [2.75, 3.05) is 19.7 Å². The maximum absolute atomic E-state index is 11.9. The maximum atomic E-state index is 11.9. The monoisotopic (exact) mass is 258 g/mol. The molecule has 1 fully saturated rings. The third-order valence-corrected chi connectivity index (χ3v) is 3.31. The number of terminal acetylenes is 1. The second-order valence-corrected chi connectivity index (χ2v) is 4.82. The van der Waals surface area contributed by atoms with Gasteiger partial charge in [0.25, 0.3) is 0 Å². The van der Waals surface area contributed by atoms with Crippen LogP contribution in [0.2, 0.25) is 0 Å². The highest BCUT2D eigenvalue weighted by molar-refractivity contribution is 5.89. The fourth-order valence-electron chi connectivity index (χ4n) is 2.33. The van der Waals surface area contributed by atoms with E-state index in [1.165, 1.54) is 6.20 Å². The van der Waals surface area contributed by atoms with Gasteiger partial charge >= 0.3 is 5.97 Å². The molecular weight excluding hydrogens is 240 g/mol. The Morgan fingerprint density at radius 1 is 1.63 bits per heavy atom. The molecule has 0 saturated carbocycles. The van der Waals surface area contributed by atoms with Crippen LogP contribution in [-0.2, 0) is 4.74 Å². The van der Waals surface area contributed by atoms with Crippen LogP contribution in [0, 0.1) is 19.3 Å². The molecule has 1 aliphatic heterocycles. The summed E-state index contributed by atoms with van der Waals surface area (Å²) in [4.78, 5) is 18.1. The van der Waals surface area contributed by atoms with Gasteiger partial charge in [0.05, 0.1) is 12.1 Å². The second kappa shape index (κ2) is 6.35. The number of likely N-dealkylation sites (tertiary alicyclic amines) is 1. The summed E-state index contributed by atoms with van der Waals surface area (Å²) in [6, 6.07) is 2.03. The van der Waals surface area contributed by atoms with Crippen LogP contribution in [0.25, 0.3) is 0 Å². The lowest BCUT2D eigenvalue weighted by Gasteiger charge is -2.21. The predicted molar refractivity (Wildman–Crippen MR) is 72.7 cm³/mol. The van der Waals surface area contributed by atoms with Crippen molar-refractivity contribution in [1.29, 1.82) is 0 Å². The van der Waals surface area contributed by atoms with Gasteiger partial charge in [0.15, 0.2) is 0 Å². The molecule has 100 valence electrons. The third-order valence-electron chi connectivity index (χ3n) is 3.31. The minimum absolute atomic E-state index is 0.248. The topological polar surface area (TPSA) is 42.4 Å². The summed E-state index contributed by atoms with van der Waals surface area (Å²) in [5, 5.41) is 0. The molecule has 2 heterocycles. The van der Waals surface area contributed by atoms with Gasteiger partial charge in [-0.1, -0.05) is 5.92 Å². The van der Waals surface area contributed by atoms with E-state index in [1.807, 2.05) is 6.92 Å². The molecule has 0 aliphatic carbocycles. The summed E-state index contributed by atoms with van der Waals surface area (Å²) in [6.07, 6.45) is 10.7. The molecule has 1 unspecified atom stereocenters. The molecular formula is C15H18N2O2. The van der Waals surface area contributed by atoms with Crippen LogP contribution in [-0.4, -0.2) is 41.6 Å². The Labute approximate surface area is 113 Å². The summed E-state index contributed by atoms with van der Waals surface area (Å²) in [5.74, 6) is 2.33. The zero-order valence-corrected chi connectivity index (χ0v) is 11.1. The first-order valence-corrected chi connectivity index (χ1v) is 6.47. The number of nitrogens with zero attached hydrogens (tertiary/aromatic N) is 2. The van der Waals surface area contributed by atoms with Crippen LogP contribution in [0.15, 0.2) is 18.5 Å². The van der Waals surface area contributed by atoms with Crippen molar-refractivity contribution in [2.45, 2.75) is 25.8 Å². The van der Waals surface area contributed by atoms with Crippen LogP contribution in [0.1, 0.15) is 28.8 Å². The Hall–Kier alpha value is -1.86. The third kappa shape index (κ3) is 3.55. The normalized spacial score (nSPS) is 19.1. The van der Waals surface area contributed by atoms with Crippen molar-refractivity contribution >= 4 is 5.97 Å². The number of hydrogen-bond acceptors (Lipinski definition) is 4. The molecule has 0 N–H and O–H groups in total. The van der Waals surface area contributed by atoms with Crippen LogP contribution in [0.5, 0.6) is 0 Å². The Bertz CT molecular complexity index is 493. The molecule has 0 amide bonds. The smallest absolute Gasteiger partial charge is 0.339 e. The lowest BCUT2D eigenvalue weighted by molar-refractivity contribution is 0.0407. The van der Waals surface area contributed by atoms with Crippen molar-refractivity contribution in [3.63, 3.8) is 0 Å². The van der Waals surface area contributed by atoms with E-state index in [2.05, 4.69) is 15.8 Å². The van der Waals surface area contributed by atoms with Gasteiger partial charge in [0, 0.05) is 18.4 Å². The Balaban J connectivity index is 1.88. The quantitative estimate of drug-likeness (QED) is 0.608. The fraction of sp³-hybridized carbons (Fsp3) is 0.467. The van der Waals surface area contributed by atoms with Crippen molar-refractivity contribution in [1.82, 2.24) is 9.88 Å². The van der Waals surface area contributed by atoms with Gasteiger partial charge in [-0.25, -0.2) is 4.79 Å². The number of ether oxygens (including phenoxy) is 1. The molecule has 4 heteroatoms. The molecule has 1 atom stereocenters. The van der Waals surface area contributed by atoms with Gasteiger partial charge in [-0.3, -0.25) is 9.88 Å². The Kier molecular flexibility index (Phi) is 4.53. The Morgan fingerprint density at radius 3 is 3.21 bits per heavy atom. The number of esters is 1. The van der Waals surface area contributed by atoms with Crippen LogP contribution in [0.4, 0.5) is 0 Å². The van der Waals surface area contributed by atoms with E-state index in [0.29, 0.717) is 18.7 Å². The lowest BCUT2D eigenvalue weighted by Crippen LogP contribution is -2.34. The van der Waals surface area contributed by atoms with Crippen molar-refractivity contribution in [2.24, 2.45) is 0 Å². The highest BCUT2D eigenvalue weighted by atomic mass is 16.5. The molecule has 1 saturated heterocycles. The molecule has 1 aliphatic rings. The highest BCUT2D eigenvalue weighted by Crippen LogP contribution is 2.17. The molecule has 2 rings (SSSR count). The highest BCUT2D eigenvalue weighted by Gasteiger charge is 2.25. The van der Waals surface area contributed by atoms with Gasteiger partial charge in [0.2, 0.25) is 0 Å². The second-order valence-electron chi connectivity index (χ2n) is 4.82. The van der Waals surface area contributed by atoms with Crippen molar-refractivity contribution in [3.8, 4) is 12.3 Å². The maximum Gasteiger partial charge on any atom is 0.339 e. The summed E-state index contributed by atoms with van der Waals surface area (Å²) in [6.45, 7) is 3.90. The first-order valence-electron chi connectivity index (χ1n) is 6.47. The summed E-state index contributed by atoms with van der Waals surface area (Å²) >= 11 is 0. The molecule has 0 radical (unpaired) electrons. The van der Waals surface area contributed by atoms with E-state index in [1.54, 1.807) is 12.3 Å². The predicted octanol–water partition coefficient (Wildman–Crippen LogP) is 1.64. The average molecular weight is 258 g/mol. The van der Waals surface area contributed by atoms with Crippen LogP contribution >= 0.6 is 0 Å². The fourth-order valence-corrected chi connectivity index (χ4v) is 2.33. The zero-order chi connectivity index (χ0) is 13.7. The summed E-state index contributed by atoms with van der Waals surface area (Å²) < 4.78 is 5.35. The van der Waals surface area contributed by atoms with Crippen molar-refractivity contribution < 1.29 is 9.53 Å². The van der Waals surface area contributed by atoms with Crippen LogP contribution in [0.3, 0.4) is 0 Å². The van der Waals surface area contributed by atoms with E-state index in [9.17, 15) is 4.79 Å². The van der Waals surface area contributed by atoms with Gasteiger partial charge in [-0.05, 0) is 37.9 Å². The van der Waals surface area contributed by atoms with E-state index in [-0.39, 0.29) is 12.0 Å². The molecule has 19 heavy (non-hydrogen) atoms. The first-order chi connectivity index (χ1) is 9.20. The minimum atomic E-state index is -0.316. The van der Waals surface area contributed by atoms with Gasteiger partial charge < -0.3 is 4.74 Å². The largest absolute Gasteiger partial charge is 0.460 e. The number of aromatic nitrogens is 1. The van der Waals surface area contributed by atoms with E-state index in [4.69, 9.17) is 11.2 Å². The molecule has 4 nitrogen and oxygen atoms in total. The number of rotatable bonds is 4. The number of aryl methyl sites for hydroxylation is 1. The number of pyridine rings is 1. The van der Waals surface area contributed by atoms with E-state index in [0.717, 1.165) is 24.9 Å². The first kappa shape index (κ1) is 13.6. The standard InChI is InChI=1S/C15H18N2O2/c1-3-6-17-7-4-5-14(17)11-19-15(18)13-8-12(2)9-16-10-13/h1,8-10,14H,4-7,11H2,2H3. The molecule has 0 spiro atoms. The number of carbonyl (C=O) groups excluding carboxylic acids is 1. The van der Waals surface area contributed by atoms with E-state index < -0.39 is 0 Å². The van der Waals surface area contributed by atoms with Gasteiger partial charge in [-0.2, -0.15) is 0 Å². The van der Waals surface area contributed by atoms with Crippen molar-refractivity contribution in [3.05, 3.63) is 29.6 Å². The molecule has 1 aromatic rings. The average Bonchev–Trinajstić information content (AvgIpc) is 2.84. The summed E-state index contributed by atoms with van der Waals surface area (Å²) in [7, 11) is 0. The van der Waals surface area contributed by atoms with Crippen LogP contribution < -0.4 is 0 Å². The minimum Gasteiger partial charge on any atom is -0.460 e. The molecule has 0 aromatic carbocycles. The van der Waals surface area contributed by atoms with Gasteiger partial charge in [-0.15, -0.1) is 6.42 Å². The summed E-state index contributed by atoms with van der Waals surface area (Å²) in [5.41, 5.74) is 1.45. The lowest BCUT2D eigenvalue weighted by atomic mass is 10.2. The number of carbonyl (C=O) groups is 1. The molecule has 1 aromatic heterocycles. The Morgan fingerprint density at radius 2 is 2.47 bits per heavy atom.